The normalized spacial score (nSPS) is 24.8. The van der Waals surface area contributed by atoms with Crippen molar-refractivity contribution in [3.63, 3.8) is 0 Å². The summed E-state index contributed by atoms with van der Waals surface area (Å²) >= 11 is 0. The molecule has 1 atom stereocenters. The van der Waals surface area contributed by atoms with E-state index in [-0.39, 0.29) is 24.8 Å². The zero-order chi connectivity index (χ0) is 15.5. The summed E-state index contributed by atoms with van der Waals surface area (Å²) in [6.07, 6.45) is 0.951. The summed E-state index contributed by atoms with van der Waals surface area (Å²) in [5, 5.41) is 0. The van der Waals surface area contributed by atoms with Gasteiger partial charge in [-0.05, 0) is 49.7 Å². The first-order chi connectivity index (χ1) is 9.90. The number of hydrogen-bond donors (Lipinski definition) is 1. The predicted molar refractivity (Wildman–Crippen MR) is 76.8 cm³/mol. The first-order valence-electron chi connectivity index (χ1n) is 7.66. The van der Waals surface area contributed by atoms with Crippen LogP contribution in [-0.4, -0.2) is 17.2 Å². The van der Waals surface area contributed by atoms with E-state index < -0.39 is 12.1 Å². The lowest BCUT2D eigenvalue weighted by atomic mass is 9.77. The average Bonchev–Trinajstić information content (AvgIpc) is 2.47. The Labute approximate surface area is 123 Å². The molecule has 1 aromatic rings. The molecule has 0 radical (unpaired) electrons. The van der Waals surface area contributed by atoms with Crippen LogP contribution in [0.1, 0.15) is 43.9 Å². The lowest BCUT2D eigenvalue weighted by molar-refractivity contribution is -0.184. The lowest BCUT2D eigenvalue weighted by Gasteiger charge is -2.33. The number of nitrogens with two attached hydrogens (primary N) is 1. The van der Waals surface area contributed by atoms with Gasteiger partial charge < -0.3 is 5.73 Å². The molecule has 2 N–H and O–H groups in total. The Bertz CT molecular complexity index is 434. The van der Waals surface area contributed by atoms with Gasteiger partial charge >= 0.3 is 6.18 Å². The van der Waals surface area contributed by atoms with Crippen LogP contribution in [-0.2, 0) is 12.8 Å². The molecule has 1 aliphatic rings. The van der Waals surface area contributed by atoms with Crippen molar-refractivity contribution < 1.29 is 13.2 Å². The summed E-state index contributed by atoms with van der Waals surface area (Å²) in [4.78, 5) is 4.38. The molecule has 1 unspecified atom stereocenters. The van der Waals surface area contributed by atoms with Crippen LogP contribution in [0.2, 0.25) is 0 Å². The van der Waals surface area contributed by atoms with Crippen molar-refractivity contribution in [2.45, 2.75) is 57.7 Å². The second-order valence-corrected chi connectivity index (χ2v) is 6.03. The molecule has 1 fully saturated rings. The van der Waals surface area contributed by atoms with E-state index in [1.54, 1.807) is 0 Å². The molecular formula is C16H23F3N2. The van der Waals surface area contributed by atoms with Crippen molar-refractivity contribution in [2.75, 3.05) is 0 Å². The van der Waals surface area contributed by atoms with Crippen molar-refractivity contribution in [3.8, 4) is 0 Å². The third-order valence-corrected chi connectivity index (χ3v) is 4.58. The van der Waals surface area contributed by atoms with E-state index in [1.807, 2.05) is 18.3 Å². The predicted octanol–water partition coefficient (Wildman–Crippen LogP) is 3.88. The van der Waals surface area contributed by atoms with Crippen LogP contribution in [0.25, 0.3) is 0 Å². The maximum absolute atomic E-state index is 12.6. The fraction of sp³-hybridized carbons (Fsp3) is 0.688. The molecule has 1 heterocycles. The highest BCUT2D eigenvalue weighted by Crippen LogP contribution is 2.40. The molecule has 1 saturated carbocycles. The van der Waals surface area contributed by atoms with E-state index in [9.17, 15) is 13.2 Å². The van der Waals surface area contributed by atoms with Gasteiger partial charge in [0, 0.05) is 24.4 Å². The Kier molecular flexibility index (Phi) is 5.25. The summed E-state index contributed by atoms with van der Waals surface area (Å²) < 4.78 is 37.9. The Morgan fingerprint density at radius 3 is 2.38 bits per heavy atom. The molecule has 0 saturated heterocycles. The van der Waals surface area contributed by atoms with Gasteiger partial charge in [-0.15, -0.1) is 0 Å². The van der Waals surface area contributed by atoms with Gasteiger partial charge in [-0.25, -0.2) is 0 Å². The van der Waals surface area contributed by atoms with Gasteiger partial charge in [0.15, 0.2) is 0 Å². The third-order valence-electron chi connectivity index (χ3n) is 4.58. The lowest BCUT2D eigenvalue weighted by Crippen LogP contribution is -2.37. The topological polar surface area (TPSA) is 38.9 Å². The second kappa shape index (κ2) is 6.77. The van der Waals surface area contributed by atoms with E-state index >= 15 is 0 Å². The van der Waals surface area contributed by atoms with Crippen molar-refractivity contribution >= 4 is 0 Å². The fourth-order valence-corrected chi connectivity index (χ4v) is 3.07. The standard InChI is InChI=1S/C16H23F3N2/c1-2-11-3-8-14(21-10-11)9-15(20)12-4-6-13(7-5-12)16(17,18)19/h3,8,10,12-13,15H,2,4-7,9,20H2,1H3. The Morgan fingerprint density at radius 2 is 1.90 bits per heavy atom. The summed E-state index contributed by atoms with van der Waals surface area (Å²) in [7, 11) is 0. The molecule has 118 valence electrons. The molecule has 2 rings (SSSR count). The fourth-order valence-electron chi connectivity index (χ4n) is 3.07. The van der Waals surface area contributed by atoms with Crippen molar-refractivity contribution in [2.24, 2.45) is 17.6 Å². The van der Waals surface area contributed by atoms with E-state index in [4.69, 9.17) is 5.73 Å². The van der Waals surface area contributed by atoms with Gasteiger partial charge in [-0.2, -0.15) is 13.2 Å². The minimum atomic E-state index is -4.05. The average molecular weight is 300 g/mol. The summed E-state index contributed by atoms with van der Waals surface area (Å²) in [5.74, 6) is -0.959. The molecule has 0 aliphatic heterocycles. The molecule has 0 amide bonds. The van der Waals surface area contributed by atoms with Gasteiger partial charge in [0.2, 0.25) is 0 Å². The number of rotatable bonds is 4. The quantitative estimate of drug-likeness (QED) is 0.916. The first-order valence-corrected chi connectivity index (χ1v) is 7.66. The van der Waals surface area contributed by atoms with Crippen molar-refractivity contribution in [1.82, 2.24) is 4.98 Å². The summed E-state index contributed by atoms with van der Waals surface area (Å²) in [6, 6.07) is 3.91. The Balaban J connectivity index is 1.85. The maximum Gasteiger partial charge on any atom is 0.391 e. The zero-order valence-electron chi connectivity index (χ0n) is 12.4. The van der Waals surface area contributed by atoms with E-state index in [2.05, 4.69) is 11.9 Å². The Hall–Kier alpha value is -1.10. The van der Waals surface area contributed by atoms with Gasteiger partial charge in [0.05, 0.1) is 5.92 Å². The van der Waals surface area contributed by atoms with Crippen LogP contribution in [0, 0.1) is 11.8 Å². The van der Waals surface area contributed by atoms with Crippen LogP contribution >= 0.6 is 0 Å². The zero-order valence-corrected chi connectivity index (χ0v) is 12.4. The van der Waals surface area contributed by atoms with Crippen LogP contribution in [0.15, 0.2) is 18.3 Å². The summed E-state index contributed by atoms with van der Waals surface area (Å²) in [6.45, 7) is 2.07. The number of pyridine rings is 1. The minimum absolute atomic E-state index is 0.0980. The van der Waals surface area contributed by atoms with Gasteiger partial charge in [0.25, 0.3) is 0 Å². The molecule has 1 aliphatic carbocycles. The molecule has 0 spiro atoms. The smallest absolute Gasteiger partial charge is 0.327 e. The van der Waals surface area contributed by atoms with E-state index in [1.165, 1.54) is 5.56 Å². The van der Waals surface area contributed by atoms with Gasteiger partial charge in [-0.1, -0.05) is 13.0 Å². The largest absolute Gasteiger partial charge is 0.391 e. The molecular weight excluding hydrogens is 277 g/mol. The molecule has 21 heavy (non-hydrogen) atoms. The first kappa shape index (κ1) is 16.3. The second-order valence-electron chi connectivity index (χ2n) is 6.03. The molecule has 0 aromatic carbocycles. The van der Waals surface area contributed by atoms with E-state index in [0.29, 0.717) is 19.3 Å². The van der Waals surface area contributed by atoms with Crippen LogP contribution in [0.5, 0.6) is 0 Å². The number of halogens is 3. The van der Waals surface area contributed by atoms with Crippen LogP contribution < -0.4 is 5.73 Å². The van der Waals surface area contributed by atoms with Gasteiger partial charge in [-0.3, -0.25) is 4.98 Å². The highest BCUT2D eigenvalue weighted by Gasteiger charge is 2.42. The van der Waals surface area contributed by atoms with Crippen molar-refractivity contribution in [3.05, 3.63) is 29.6 Å². The molecule has 5 heteroatoms. The number of hydrogen-bond acceptors (Lipinski definition) is 2. The Morgan fingerprint density at radius 1 is 1.24 bits per heavy atom. The van der Waals surface area contributed by atoms with Crippen LogP contribution in [0.4, 0.5) is 13.2 Å². The number of aromatic nitrogens is 1. The highest BCUT2D eigenvalue weighted by molar-refractivity contribution is 5.14. The number of alkyl halides is 3. The SMILES string of the molecule is CCc1ccc(CC(N)C2CCC(C(F)(F)F)CC2)nc1. The summed E-state index contributed by atoms with van der Waals surface area (Å²) in [5.41, 5.74) is 8.29. The number of nitrogens with zero attached hydrogens (tertiary/aromatic N) is 1. The van der Waals surface area contributed by atoms with Gasteiger partial charge in [0.1, 0.15) is 0 Å². The van der Waals surface area contributed by atoms with E-state index in [0.717, 1.165) is 12.1 Å². The monoisotopic (exact) mass is 300 g/mol. The highest BCUT2D eigenvalue weighted by atomic mass is 19.4. The van der Waals surface area contributed by atoms with Crippen molar-refractivity contribution in [1.29, 1.82) is 0 Å². The van der Waals surface area contributed by atoms with Crippen LogP contribution in [0.3, 0.4) is 0 Å². The maximum atomic E-state index is 12.6. The number of aryl methyl sites for hydroxylation is 1. The third kappa shape index (κ3) is 4.43. The minimum Gasteiger partial charge on any atom is -0.327 e. The molecule has 2 nitrogen and oxygen atoms in total. The molecule has 1 aromatic heterocycles. The molecule has 0 bridgehead atoms.